The minimum Gasteiger partial charge on any atom is -0.322 e. The Kier molecular flexibility index (Phi) is 4.68. The fraction of sp³-hybridized carbons (Fsp3) is 0.467. The summed E-state index contributed by atoms with van der Waals surface area (Å²) in [4.78, 5) is 4.29. The lowest BCUT2D eigenvalue weighted by Crippen LogP contribution is -2.15. The Balaban J connectivity index is 2.04. The first-order valence-corrected chi connectivity index (χ1v) is 6.95. The van der Waals surface area contributed by atoms with Crippen LogP contribution in [0.25, 0.3) is 0 Å². The van der Waals surface area contributed by atoms with E-state index in [0.717, 1.165) is 30.7 Å². The van der Waals surface area contributed by atoms with Crippen LogP contribution in [0, 0.1) is 0 Å². The van der Waals surface area contributed by atoms with Gasteiger partial charge >= 0.3 is 0 Å². The van der Waals surface area contributed by atoms with Crippen LogP contribution in [0.2, 0.25) is 0 Å². The molecule has 1 atom stereocenters. The molecule has 0 fully saturated rings. The quantitative estimate of drug-likeness (QED) is 0.866. The summed E-state index contributed by atoms with van der Waals surface area (Å²) in [5.41, 5.74) is 8.11. The Labute approximate surface area is 114 Å². The Morgan fingerprint density at radius 1 is 1.21 bits per heavy atom. The SMILES string of the molecule is CCC(CC)n1ccc(CC(N)c2ccccn2)n1. The van der Waals surface area contributed by atoms with Crippen molar-refractivity contribution in [3.05, 3.63) is 48.0 Å². The molecule has 0 radical (unpaired) electrons. The van der Waals surface area contributed by atoms with Crippen LogP contribution >= 0.6 is 0 Å². The van der Waals surface area contributed by atoms with Crippen LogP contribution in [0.4, 0.5) is 0 Å². The molecule has 4 nitrogen and oxygen atoms in total. The molecule has 2 heterocycles. The van der Waals surface area contributed by atoms with Crippen LogP contribution in [-0.2, 0) is 6.42 Å². The highest BCUT2D eigenvalue weighted by molar-refractivity contribution is 5.12. The van der Waals surface area contributed by atoms with Gasteiger partial charge in [-0.3, -0.25) is 9.67 Å². The molecule has 2 aromatic rings. The molecule has 1 unspecified atom stereocenters. The van der Waals surface area contributed by atoms with Gasteiger partial charge < -0.3 is 5.73 Å². The molecule has 4 heteroatoms. The second-order valence-corrected chi connectivity index (χ2v) is 4.82. The molecule has 0 aliphatic carbocycles. The second-order valence-electron chi connectivity index (χ2n) is 4.82. The van der Waals surface area contributed by atoms with Crippen molar-refractivity contribution in [2.75, 3.05) is 0 Å². The summed E-state index contributed by atoms with van der Waals surface area (Å²) in [5, 5.41) is 4.63. The zero-order valence-corrected chi connectivity index (χ0v) is 11.7. The van der Waals surface area contributed by atoms with E-state index < -0.39 is 0 Å². The predicted octanol–water partition coefficient (Wildman–Crippen LogP) is 2.88. The van der Waals surface area contributed by atoms with Gasteiger partial charge in [0, 0.05) is 18.8 Å². The minimum absolute atomic E-state index is 0.0914. The number of pyridine rings is 1. The fourth-order valence-corrected chi connectivity index (χ4v) is 2.28. The number of hydrogen-bond donors (Lipinski definition) is 1. The van der Waals surface area contributed by atoms with E-state index in [2.05, 4.69) is 40.9 Å². The van der Waals surface area contributed by atoms with Crippen molar-refractivity contribution >= 4 is 0 Å². The van der Waals surface area contributed by atoms with E-state index in [0.29, 0.717) is 6.04 Å². The lowest BCUT2D eigenvalue weighted by molar-refractivity contribution is 0.424. The van der Waals surface area contributed by atoms with E-state index in [1.54, 1.807) is 6.20 Å². The lowest BCUT2D eigenvalue weighted by Gasteiger charge is -2.13. The van der Waals surface area contributed by atoms with Crippen molar-refractivity contribution in [2.24, 2.45) is 5.73 Å². The van der Waals surface area contributed by atoms with Crippen LogP contribution in [0.5, 0.6) is 0 Å². The predicted molar refractivity (Wildman–Crippen MR) is 76.7 cm³/mol. The summed E-state index contributed by atoms with van der Waals surface area (Å²) in [7, 11) is 0. The van der Waals surface area contributed by atoms with Gasteiger partial charge in [-0.1, -0.05) is 19.9 Å². The van der Waals surface area contributed by atoms with Gasteiger partial charge in [0.25, 0.3) is 0 Å². The van der Waals surface area contributed by atoms with Crippen LogP contribution in [0.1, 0.15) is 50.2 Å². The average molecular weight is 258 g/mol. The molecule has 19 heavy (non-hydrogen) atoms. The maximum Gasteiger partial charge on any atom is 0.0644 e. The molecule has 2 N–H and O–H groups in total. The zero-order valence-electron chi connectivity index (χ0n) is 11.7. The van der Waals surface area contributed by atoms with Gasteiger partial charge in [-0.2, -0.15) is 5.10 Å². The normalized spacial score (nSPS) is 12.8. The highest BCUT2D eigenvalue weighted by Gasteiger charge is 2.12. The van der Waals surface area contributed by atoms with Gasteiger partial charge in [0.2, 0.25) is 0 Å². The molecule has 0 amide bonds. The number of hydrogen-bond acceptors (Lipinski definition) is 3. The van der Waals surface area contributed by atoms with Gasteiger partial charge in [0.15, 0.2) is 0 Å². The molecule has 2 rings (SSSR count). The van der Waals surface area contributed by atoms with E-state index in [-0.39, 0.29) is 6.04 Å². The lowest BCUT2D eigenvalue weighted by atomic mass is 10.1. The Morgan fingerprint density at radius 3 is 2.63 bits per heavy atom. The van der Waals surface area contributed by atoms with Crippen molar-refractivity contribution in [1.29, 1.82) is 0 Å². The van der Waals surface area contributed by atoms with Crippen LogP contribution < -0.4 is 5.73 Å². The third kappa shape index (κ3) is 3.41. The van der Waals surface area contributed by atoms with E-state index in [9.17, 15) is 0 Å². The van der Waals surface area contributed by atoms with E-state index in [1.807, 2.05) is 18.2 Å². The maximum atomic E-state index is 6.17. The first-order valence-electron chi connectivity index (χ1n) is 6.95. The number of aromatic nitrogens is 3. The molecule has 0 aliphatic heterocycles. The third-order valence-corrected chi connectivity index (χ3v) is 3.48. The van der Waals surface area contributed by atoms with Crippen molar-refractivity contribution < 1.29 is 0 Å². The molecule has 0 saturated carbocycles. The monoisotopic (exact) mass is 258 g/mol. The van der Waals surface area contributed by atoms with Crippen LogP contribution in [0.3, 0.4) is 0 Å². The molecule has 0 spiro atoms. The summed E-state index contributed by atoms with van der Waals surface area (Å²) in [6.45, 7) is 4.38. The molecule has 0 bridgehead atoms. The molecule has 102 valence electrons. The van der Waals surface area contributed by atoms with Crippen molar-refractivity contribution in [1.82, 2.24) is 14.8 Å². The highest BCUT2D eigenvalue weighted by Crippen LogP contribution is 2.17. The second kappa shape index (κ2) is 6.48. The summed E-state index contributed by atoms with van der Waals surface area (Å²) in [6.07, 6.45) is 6.76. The minimum atomic E-state index is -0.0914. The zero-order chi connectivity index (χ0) is 13.7. The smallest absolute Gasteiger partial charge is 0.0644 e. The number of nitrogens with two attached hydrogens (primary N) is 1. The van der Waals surface area contributed by atoms with E-state index >= 15 is 0 Å². The summed E-state index contributed by atoms with van der Waals surface area (Å²) < 4.78 is 2.06. The van der Waals surface area contributed by atoms with E-state index in [1.165, 1.54) is 0 Å². The van der Waals surface area contributed by atoms with Gasteiger partial charge in [-0.05, 0) is 31.0 Å². The van der Waals surface area contributed by atoms with Gasteiger partial charge in [0.05, 0.1) is 23.5 Å². The van der Waals surface area contributed by atoms with E-state index in [4.69, 9.17) is 5.73 Å². The largest absolute Gasteiger partial charge is 0.322 e. The number of rotatable bonds is 6. The van der Waals surface area contributed by atoms with Gasteiger partial charge in [-0.25, -0.2) is 0 Å². The topological polar surface area (TPSA) is 56.7 Å². The summed E-state index contributed by atoms with van der Waals surface area (Å²) >= 11 is 0. The summed E-state index contributed by atoms with van der Waals surface area (Å²) in [6, 6.07) is 8.28. The third-order valence-electron chi connectivity index (χ3n) is 3.48. The Hall–Kier alpha value is -1.68. The van der Waals surface area contributed by atoms with Gasteiger partial charge in [-0.15, -0.1) is 0 Å². The molecule has 0 aliphatic rings. The van der Waals surface area contributed by atoms with Crippen molar-refractivity contribution in [3.63, 3.8) is 0 Å². The fourth-order valence-electron chi connectivity index (χ4n) is 2.28. The van der Waals surface area contributed by atoms with Crippen molar-refractivity contribution in [3.8, 4) is 0 Å². The van der Waals surface area contributed by atoms with Gasteiger partial charge in [0.1, 0.15) is 0 Å². The first kappa shape index (κ1) is 13.7. The van der Waals surface area contributed by atoms with Crippen LogP contribution in [-0.4, -0.2) is 14.8 Å². The van der Waals surface area contributed by atoms with Crippen LogP contribution in [0.15, 0.2) is 36.7 Å². The molecule has 0 aromatic carbocycles. The Morgan fingerprint density at radius 2 is 2.00 bits per heavy atom. The summed E-state index contributed by atoms with van der Waals surface area (Å²) in [5.74, 6) is 0. The molecular weight excluding hydrogens is 236 g/mol. The maximum absolute atomic E-state index is 6.17. The van der Waals surface area contributed by atoms with Crippen molar-refractivity contribution in [2.45, 2.75) is 45.2 Å². The molecule has 0 saturated heterocycles. The Bertz CT molecular complexity index is 488. The standard InChI is InChI=1S/C15H22N4/c1-3-13(4-2)19-10-8-12(18-19)11-14(16)15-7-5-6-9-17-15/h5-10,13-14H,3-4,11,16H2,1-2H3. The first-order chi connectivity index (χ1) is 9.24. The highest BCUT2D eigenvalue weighted by atomic mass is 15.3. The molecular formula is C15H22N4. The molecule has 2 aromatic heterocycles. The average Bonchev–Trinajstić information content (AvgIpc) is 2.89. The number of nitrogens with zero attached hydrogens (tertiary/aromatic N) is 3.